The molecular weight excluding hydrogens is 150 g/mol. The Bertz CT molecular complexity index is 127. The molecule has 1 aliphatic heterocycles. The van der Waals surface area contributed by atoms with Gasteiger partial charge < -0.3 is 10.1 Å². The van der Waals surface area contributed by atoms with Crippen LogP contribution < -0.4 is 5.32 Å². The largest absolute Gasteiger partial charge is 0.376 e. The van der Waals surface area contributed by atoms with Gasteiger partial charge >= 0.3 is 0 Å². The molecule has 0 saturated carbocycles. The van der Waals surface area contributed by atoms with Gasteiger partial charge in [0.05, 0.1) is 6.10 Å². The molecule has 72 valence electrons. The minimum Gasteiger partial charge on any atom is -0.376 e. The van der Waals surface area contributed by atoms with Crippen LogP contribution in [0, 0.1) is 5.92 Å². The summed E-state index contributed by atoms with van der Waals surface area (Å²) in [6.07, 6.45) is 4.14. The average molecular weight is 171 g/mol. The van der Waals surface area contributed by atoms with E-state index in [0.717, 1.165) is 12.5 Å². The van der Waals surface area contributed by atoms with E-state index in [-0.39, 0.29) is 0 Å². The van der Waals surface area contributed by atoms with Crippen molar-refractivity contribution in [3.63, 3.8) is 0 Å². The Balaban J connectivity index is 2.41. The van der Waals surface area contributed by atoms with Crippen molar-refractivity contribution in [2.24, 2.45) is 5.92 Å². The van der Waals surface area contributed by atoms with E-state index in [2.05, 4.69) is 19.2 Å². The third kappa shape index (κ3) is 2.20. The second-order valence-corrected chi connectivity index (χ2v) is 3.79. The Kier molecular flexibility index (Phi) is 4.02. The molecule has 1 N–H and O–H groups in total. The van der Waals surface area contributed by atoms with Gasteiger partial charge in [-0.3, -0.25) is 0 Å². The van der Waals surface area contributed by atoms with Crippen LogP contribution in [0.5, 0.6) is 0 Å². The summed E-state index contributed by atoms with van der Waals surface area (Å²) in [5.74, 6) is 0.731. The Morgan fingerprint density at radius 1 is 1.58 bits per heavy atom. The van der Waals surface area contributed by atoms with Gasteiger partial charge in [0.15, 0.2) is 0 Å². The highest BCUT2D eigenvalue weighted by Gasteiger charge is 2.30. The summed E-state index contributed by atoms with van der Waals surface area (Å²) in [4.78, 5) is 0. The van der Waals surface area contributed by atoms with Gasteiger partial charge in [-0.1, -0.05) is 20.3 Å². The average Bonchev–Trinajstić information content (AvgIpc) is 2.47. The Morgan fingerprint density at radius 2 is 2.33 bits per heavy atom. The summed E-state index contributed by atoms with van der Waals surface area (Å²) in [6, 6.07) is 0.562. The van der Waals surface area contributed by atoms with Crippen molar-refractivity contribution in [3.05, 3.63) is 0 Å². The molecule has 3 atom stereocenters. The number of nitrogens with one attached hydrogen (secondary N) is 1. The van der Waals surface area contributed by atoms with Crippen molar-refractivity contribution in [2.75, 3.05) is 13.7 Å². The molecule has 0 aliphatic carbocycles. The summed E-state index contributed by atoms with van der Waals surface area (Å²) in [7, 11) is 2.04. The van der Waals surface area contributed by atoms with E-state index >= 15 is 0 Å². The van der Waals surface area contributed by atoms with E-state index in [1.807, 2.05) is 7.05 Å². The van der Waals surface area contributed by atoms with Crippen LogP contribution in [0.25, 0.3) is 0 Å². The van der Waals surface area contributed by atoms with E-state index in [1.165, 1.54) is 19.3 Å². The molecule has 0 bridgehead atoms. The molecule has 1 fully saturated rings. The van der Waals surface area contributed by atoms with Crippen molar-refractivity contribution in [1.82, 2.24) is 5.32 Å². The van der Waals surface area contributed by atoms with Crippen LogP contribution in [0.1, 0.15) is 33.1 Å². The lowest BCUT2D eigenvalue weighted by atomic mass is 9.95. The van der Waals surface area contributed by atoms with Gasteiger partial charge in [0, 0.05) is 12.6 Å². The fourth-order valence-electron chi connectivity index (χ4n) is 2.02. The van der Waals surface area contributed by atoms with Crippen molar-refractivity contribution >= 4 is 0 Å². The Labute approximate surface area is 75.7 Å². The predicted molar refractivity (Wildman–Crippen MR) is 51.3 cm³/mol. The number of hydrogen-bond acceptors (Lipinski definition) is 2. The van der Waals surface area contributed by atoms with E-state index < -0.39 is 0 Å². The van der Waals surface area contributed by atoms with Crippen LogP contribution >= 0.6 is 0 Å². The summed E-state index contributed by atoms with van der Waals surface area (Å²) < 4.78 is 5.71. The second kappa shape index (κ2) is 4.83. The Morgan fingerprint density at radius 3 is 2.75 bits per heavy atom. The number of rotatable bonds is 4. The molecule has 3 unspecified atom stereocenters. The van der Waals surface area contributed by atoms with E-state index in [1.54, 1.807) is 0 Å². The van der Waals surface area contributed by atoms with Crippen LogP contribution in [0.4, 0.5) is 0 Å². The first-order valence-electron chi connectivity index (χ1n) is 5.08. The SMILES string of the molecule is CCCC(NC)C1OCCC1C. The summed E-state index contributed by atoms with van der Waals surface area (Å²) >= 11 is 0. The van der Waals surface area contributed by atoms with Gasteiger partial charge in [-0.15, -0.1) is 0 Å². The lowest BCUT2D eigenvalue weighted by Gasteiger charge is -2.25. The molecule has 2 heteroatoms. The maximum atomic E-state index is 5.71. The first-order chi connectivity index (χ1) is 5.79. The van der Waals surface area contributed by atoms with Gasteiger partial charge in [0.2, 0.25) is 0 Å². The van der Waals surface area contributed by atoms with Crippen LogP contribution in [0.2, 0.25) is 0 Å². The van der Waals surface area contributed by atoms with Gasteiger partial charge in [-0.25, -0.2) is 0 Å². The zero-order valence-electron chi connectivity index (χ0n) is 8.47. The summed E-state index contributed by atoms with van der Waals surface area (Å²) in [5.41, 5.74) is 0. The predicted octanol–water partition coefficient (Wildman–Crippen LogP) is 1.80. The van der Waals surface area contributed by atoms with Crippen molar-refractivity contribution in [2.45, 2.75) is 45.3 Å². The minimum absolute atomic E-state index is 0.454. The molecule has 0 aromatic heterocycles. The van der Waals surface area contributed by atoms with Gasteiger partial charge in [-0.2, -0.15) is 0 Å². The molecule has 1 aliphatic rings. The quantitative estimate of drug-likeness (QED) is 0.696. The molecule has 1 rings (SSSR count). The number of ether oxygens (including phenoxy) is 1. The third-order valence-corrected chi connectivity index (χ3v) is 2.81. The van der Waals surface area contributed by atoms with E-state index in [0.29, 0.717) is 12.1 Å². The first kappa shape index (κ1) is 10.0. The number of likely N-dealkylation sites (N-methyl/N-ethyl adjacent to an activating group) is 1. The van der Waals surface area contributed by atoms with Crippen molar-refractivity contribution < 1.29 is 4.74 Å². The summed E-state index contributed by atoms with van der Waals surface area (Å²) in [6.45, 7) is 5.47. The molecule has 0 spiro atoms. The molecule has 0 aromatic rings. The summed E-state index contributed by atoms with van der Waals surface area (Å²) in [5, 5.41) is 3.35. The van der Waals surface area contributed by atoms with Crippen molar-refractivity contribution in [3.8, 4) is 0 Å². The second-order valence-electron chi connectivity index (χ2n) is 3.79. The highest BCUT2D eigenvalue weighted by molar-refractivity contribution is 4.83. The van der Waals surface area contributed by atoms with Crippen LogP contribution in [0.3, 0.4) is 0 Å². The maximum absolute atomic E-state index is 5.71. The molecular formula is C10H21NO. The molecule has 2 nitrogen and oxygen atoms in total. The fourth-order valence-corrected chi connectivity index (χ4v) is 2.02. The molecule has 1 heterocycles. The van der Waals surface area contributed by atoms with Crippen LogP contribution in [0.15, 0.2) is 0 Å². The van der Waals surface area contributed by atoms with Crippen LogP contribution in [-0.2, 0) is 4.74 Å². The van der Waals surface area contributed by atoms with Crippen molar-refractivity contribution in [1.29, 1.82) is 0 Å². The molecule has 0 radical (unpaired) electrons. The lowest BCUT2D eigenvalue weighted by molar-refractivity contribution is 0.0605. The molecule has 0 amide bonds. The zero-order chi connectivity index (χ0) is 8.97. The highest BCUT2D eigenvalue weighted by atomic mass is 16.5. The molecule has 1 saturated heterocycles. The lowest BCUT2D eigenvalue weighted by Crippen LogP contribution is -2.40. The van der Waals surface area contributed by atoms with Gasteiger partial charge in [-0.05, 0) is 25.8 Å². The normalized spacial score (nSPS) is 32.2. The zero-order valence-corrected chi connectivity index (χ0v) is 8.47. The maximum Gasteiger partial charge on any atom is 0.0754 e. The fraction of sp³-hybridized carbons (Fsp3) is 1.00. The first-order valence-corrected chi connectivity index (χ1v) is 5.08. The highest BCUT2D eigenvalue weighted by Crippen LogP contribution is 2.24. The Hall–Kier alpha value is -0.0800. The molecule has 12 heavy (non-hydrogen) atoms. The standard InChI is InChI=1S/C10H21NO/c1-4-5-9(11-3)10-8(2)6-7-12-10/h8-11H,4-7H2,1-3H3. The van der Waals surface area contributed by atoms with Crippen LogP contribution in [-0.4, -0.2) is 25.8 Å². The minimum atomic E-state index is 0.454. The van der Waals surface area contributed by atoms with Gasteiger partial charge in [0.1, 0.15) is 0 Å². The molecule has 0 aromatic carbocycles. The van der Waals surface area contributed by atoms with E-state index in [9.17, 15) is 0 Å². The number of hydrogen-bond donors (Lipinski definition) is 1. The van der Waals surface area contributed by atoms with Gasteiger partial charge in [0.25, 0.3) is 0 Å². The third-order valence-electron chi connectivity index (χ3n) is 2.81. The monoisotopic (exact) mass is 171 g/mol. The van der Waals surface area contributed by atoms with E-state index in [4.69, 9.17) is 4.74 Å². The topological polar surface area (TPSA) is 21.3 Å². The smallest absolute Gasteiger partial charge is 0.0754 e.